The second kappa shape index (κ2) is 10.1. The van der Waals surface area contributed by atoms with Gasteiger partial charge in [0, 0.05) is 35.5 Å². The number of thioether (sulfide) groups is 1. The van der Waals surface area contributed by atoms with Crippen molar-refractivity contribution in [2.45, 2.75) is 11.3 Å². The molecule has 0 aliphatic carbocycles. The molecule has 0 atom stereocenters. The van der Waals surface area contributed by atoms with Crippen LogP contribution in [-0.2, 0) is 0 Å². The van der Waals surface area contributed by atoms with Gasteiger partial charge in [-0.1, -0.05) is 12.1 Å². The molecule has 1 aromatic carbocycles. The molecule has 0 fully saturated rings. The highest BCUT2D eigenvalue weighted by Crippen LogP contribution is 2.29. The minimum atomic E-state index is 0.615. The second-order valence-corrected chi connectivity index (χ2v) is 7.46. The average Bonchev–Trinajstić information content (AvgIpc) is 2.72. The van der Waals surface area contributed by atoms with Crippen LogP contribution in [0.25, 0.3) is 11.3 Å². The van der Waals surface area contributed by atoms with Crippen molar-refractivity contribution in [2.24, 2.45) is 0 Å². The lowest BCUT2D eigenvalue weighted by atomic mass is 10.2. The van der Waals surface area contributed by atoms with Gasteiger partial charge < -0.3 is 15.5 Å². The summed E-state index contributed by atoms with van der Waals surface area (Å²) < 4.78 is 0. The fourth-order valence-corrected chi connectivity index (χ4v) is 3.29. The molecule has 0 aliphatic heterocycles. The summed E-state index contributed by atoms with van der Waals surface area (Å²) in [6, 6.07) is 14.1. The first-order valence-electron chi connectivity index (χ1n) is 9.24. The Labute approximate surface area is 170 Å². The summed E-state index contributed by atoms with van der Waals surface area (Å²) in [6.07, 6.45) is 6.67. The van der Waals surface area contributed by atoms with Crippen molar-refractivity contribution in [3.8, 4) is 11.3 Å². The predicted molar refractivity (Wildman–Crippen MR) is 118 cm³/mol. The van der Waals surface area contributed by atoms with Crippen LogP contribution in [0, 0.1) is 0 Å². The van der Waals surface area contributed by atoms with Crippen molar-refractivity contribution in [2.75, 3.05) is 44.1 Å². The third kappa shape index (κ3) is 5.68. The Balaban J connectivity index is 1.86. The van der Waals surface area contributed by atoms with Crippen molar-refractivity contribution in [3.63, 3.8) is 0 Å². The van der Waals surface area contributed by atoms with Gasteiger partial charge in [0.15, 0.2) is 0 Å². The van der Waals surface area contributed by atoms with Gasteiger partial charge in [0.1, 0.15) is 5.82 Å². The largest absolute Gasteiger partial charge is 0.354 e. The van der Waals surface area contributed by atoms with Gasteiger partial charge in [0.2, 0.25) is 5.95 Å². The molecule has 0 saturated heterocycles. The van der Waals surface area contributed by atoms with Gasteiger partial charge >= 0.3 is 0 Å². The van der Waals surface area contributed by atoms with Gasteiger partial charge in [-0.05, 0) is 57.6 Å². The monoisotopic (exact) mass is 394 g/mol. The lowest BCUT2D eigenvalue weighted by Crippen LogP contribution is -2.17. The highest BCUT2D eigenvalue weighted by molar-refractivity contribution is 7.98. The van der Waals surface area contributed by atoms with E-state index in [4.69, 9.17) is 0 Å². The first-order valence-corrected chi connectivity index (χ1v) is 10.5. The lowest BCUT2D eigenvalue weighted by molar-refractivity contribution is 0.405. The maximum absolute atomic E-state index is 4.68. The third-order valence-corrected chi connectivity index (χ3v) is 4.91. The number of anilines is 3. The molecule has 7 heteroatoms. The van der Waals surface area contributed by atoms with Gasteiger partial charge in [-0.2, -0.15) is 4.98 Å². The van der Waals surface area contributed by atoms with Crippen molar-refractivity contribution in [1.82, 2.24) is 19.9 Å². The summed E-state index contributed by atoms with van der Waals surface area (Å²) in [7, 11) is 4.15. The molecule has 6 nitrogen and oxygen atoms in total. The van der Waals surface area contributed by atoms with Gasteiger partial charge in [-0.15, -0.1) is 11.8 Å². The number of para-hydroxylation sites is 1. The summed E-state index contributed by atoms with van der Waals surface area (Å²) in [4.78, 5) is 16.9. The van der Waals surface area contributed by atoms with E-state index in [2.05, 4.69) is 63.0 Å². The van der Waals surface area contributed by atoms with Gasteiger partial charge in [0.05, 0.1) is 11.4 Å². The first-order chi connectivity index (χ1) is 13.7. The molecule has 2 heterocycles. The highest BCUT2D eigenvalue weighted by Gasteiger charge is 2.09. The number of hydrogen-bond acceptors (Lipinski definition) is 7. The normalized spacial score (nSPS) is 10.9. The average molecular weight is 395 g/mol. The minimum Gasteiger partial charge on any atom is -0.354 e. The summed E-state index contributed by atoms with van der Waals surface area (Å²) in [5.41, 5.74) is 2.83. The standard InChI is InChI=1S/C21H26N6S/c1-27(2)13-7-12-23-21-25-18(16-8-6-11-22-15-16)14-20(26-21)24-17-9-4-5-10-19(17)28-3/h4-6,8-11,14-15H,7,12-13H2,1-3H3,(H2,23,24,25,26). The molecular weight excluding hydrogens is 368 g/mol. The molecule has 0 radical (unpaired) electrons. The van der Waals surface area contributed by atoms with Gasteiger partial charge in [0.25, 0.3) is 0 Å². The molecule has 0 bridgehead atoms. The van der Waals surface area contributed by atoms with E-state index in [-0.39, 0.29) is 0 Å². The number of benzene rings is 1. The van der Waals surface area contributed by atoms with E-state index >= 15 is 0 Å². The minimum absolute atomic E-state index is 0.615. The number of nitrogens with zero attached hydrogens (tertiary/aromatic N) is 4. The van der Waals surface area contributed by atoms with Crippen LogP contribution in [-0.4, -0.2) is 53.3 Å². The van der Waals surface area contributed by atoms with Crippen LogP contribution in [0.2, 0.25) is 0 Å². The summed E-state index contributed by atoms with van der Waals surface area (Å²) >= 11 is 1.70. The molecule has 0 saturated carbocycles. The number of aromatic nitrogens is 3. The topological polar surface area (TPSA) is 66.0 Å². The molecule has 3 rings (SSSR count). The van der Waals surface area contributed by atoms with E-state index in [9.17, 15) is 0 Å². The fraction of sp³-hybridized carbons (Fsp3) is 0.286. The molecule has 0 aliphatic rings. The Kier molecular flexibility index (Phi) is 7.22. The maximum Gasteiger partial charge on any atom is 0.225 e. The zero-order valence-electron chi connectivity index (χ0n) is 16.5. The van der Waals surface area contributed by atoms with Crippen molar-refractivity contribution in [1.29, 1.82) is 0 Å². The SMILES string of the molecule is CSc1ccccc1Nc1cc(-c2cccnc2)nc(NCCCN(C)C)n1. The Bertz CT molecular complexity index is 885. The van der Waals surface area contributed by atoms with Crippen LogP contribution < -0.4 is 10.6 Å². The van der Waals surface area contributed by atoms with Crippen LogP contribution in [0.3, 0.4) is 0 Å². The van der Waals surface area contributed by atoms with Crippen LogP contribution in [0.4, 0.5) is 17.5 Å². The second-order valence-electron chi connectivity index (χ2n) is 6.61. The first kappa shape index (κ1) is 20.1. The number of pyridine rings is 1. The third-order valence-electron chi connectivity index (χ3n) is 4.12. The summed E-state index contributed by atoms with van der Waals surface area (Å²) in [6.45, 7) is 1.83. The lowest BCUT2D eigenvalue weighted by Gasteiger charge is -2.14. The Hall–Kier alpha value is -2.64. The van der Waals surface area contributed by atoms with E-state index < -0.39 is 0 Å². The fourth-order valence-electron chi connectivity index (χ4n) is 2.73. The highest BCUT2D eigenvalue weighted by atomic mass is 32.2. The summed E-state index contributed by atoms with van der Waals surface area (Å²) in [5.74, 6) is 1.37. The molecule has 2 aromatic heterocycles. The van der Waals surface area contributed by atoms with Crippen molar-refractivity contribution < 1.29 is 0 Å². The van der Waals surface area contributed by atoms with Gasteiger partial charge in [-0.25, -0.2) is 4.98 Å². The number of nitrogens with one attached hydrogen (secondary N) is 2. The molecule has 3 aromatic rings. The number of rotatable bonds is 9. The maximum atomic E-state index is 4.68. The smallest absolute Gasteiger partial charge is 0.225 e. The zero-order chi connectivity index (χ0) is 19.8. The van der Waals surface area contributed by atoms with E-state index in [0.717, 1.165) is 42.3 Å². The quantitative estimate of drug-likeness (QED) is 0.413. The molecule has 0 unspecified atom stereocenters. The van der Waals surface area contributed by atoms with Crippen molar-refractivity contribution >= 4 is 29.2 Å². The zero-order valence-corrected chi connectivity index (χ0v) is 17.3. The van der Waals surface area contributed by atoms with E-state index in [1.54, 1.807) is 18.0 Å². The summed E-state index contributed by atoms with van der Waals surface area (Å²) in [5, 5.41) is 6.79. The number of hydrogen-bond donors (Lipinski definition) is 2. The van der Waals surface area contributed by atoms with E-state index in [1.807, 2.05) is 36.5 Å². The van der Waals surface area contributed by atoms with Gasteiger partial charge in [-0.3, -0.25) is 4.98 Å². The molecule has 146 valence electrons. The molecule has 0 spiro atoms. The van der Waals surface area contributed by atoms with Crippen molar-refractivity contribution in [3.05, 3.63) is 54.9 Å². The van der Waals surface area contributed by atoms with E-state index in [0.29, 0.717) is 5.95 Å². The van der Waals surface area contributed by atoms with Crippen LogP contribution in [0.1, 0.15) is 6.42 Å². The predicted octanol–water partition coefficient (Wildman–Crippen LogP) is 4.37. The van der Waals surface area contributed by atoms with Crippen LogP contribution in [0.15, 0.2) is 59.8 Å². The Morgan fingerprint density at radius 1 is 1.07 bits per heavy atom. The molecule has 0 amide bonds. The Morgan fingerprint density at radius 3 is 2.68 bits per heavy atom. The molecule has 2 N–H and O–H groups in total. The van der Waals surface area contributed by atoms with Crippen LogP contribution >= 0.6 is 11.8 Å². The van der Waals surface area contributed by atoms with E-state index in [1.165, 1.54) is 4.90 Å². The molecular formula is C21H26N6S. The molecule has 28 heavy (non-hydrogen) atoms. The Morgan fingerprint density at radius 2 is 1.93 bits per heavy atom. The van der Waals surface area contributed by atoms with Crippen LogP contribution in [0.5, 0.6) is 0 Å².